The highest BCUT2D eigenvalue weighted by Crippen LogP contribution is 2.05. The van der Waals surface area contributed by atoms with Crippen molar-refractivity contribution in [3.05, 3.63) is 35.9 Å². The van der Waals surface area contributed by atoms with Crippen LogP contribution in [0.2, 0.25) is 0 Å². The molecule has 82 valence electrons. The van der Waals surface area contributed by atoms with E-state index in [0.717, 1.165) is 0 Å². The third kappa shape index (κ3) is 4.61. The number of hydrogen-bond acceptors (Lipinski definition) is 2. The highest BCUT2D eigenvalue weighted by atomic mass is 16.5. The zero-order chi connectivity index (χ0) is 11.3. The van der Waals surface area contributed by atoms with E-state index in [4.69, 9.17) is 4.74 Å². The summed E-state index contributed by atoms with van der Waals surface area (Å²) in [5, 5.41) is 2.69. The van der Waals surface area contributed by atoms with Crippen molar-refractivity contribution >= 4 is 5.91 Å². The maximum Gasteiger partial charge on any atom is 0.253 e. The van der Waals surface area contributed by atoms with Crippen molar-refractivity contribution in [3.8, 4) is 0 Å². The number of ether oxygens (including phenoxy) is 1. The second-order valence-corrected chi connectivity index (χ2v) is 4.27. The SMILES string of the molecule is CC(C)(C)OCNC(=O)c1ccccc1. The van der Waals surface area contributed by atoms with Gasteiger partial charge in [-0.3, -0.25) is 4.79 Å². The van der Waals surface area contributed by atoms with Crippen LogP contribution in [-0.4, -0.2) is 18.2 Å². The number of amides is 1. The maximum atomic E-state index is 11.5. The molecule has 0 unspecified atom stereocenters. The zero-order valence-corrected chi connectivity index (χ0v) is 9.41. The number of carbonyl (C=O) groups is 1. The minimum absolute atomic E-state index is 0.111. The van der Waals surface area contributed by atoms with Gasteiger partial charge in [0, 0.05) is 5.56 Å². The zero-order valence-electron chi connectivity index (χ0n) is 9.41. The summed E-state index contributed by atoms with van der Waals surface area (Å²) in [6.45, 7) is 6.07. The van der Waals surface area contributed by atoms with Crippen molar-refractivity contribution in [2.24, 2.45) is 0 Å². The Morgan fingerprint density at radius 1 is 1.27 bits per heavy atom. The van der Waals surface area contributed by atoms with Crippen LogP contribution < -0.4 is 5.32 Å². The molecule has 0 saturated carbocycles. The summed E-state index contributed by atoms with van der Waals surface area (Å²) in [6.07, 6.45) is 0. The first-order valence-electron chi connectivity index (χ1n) is 4.96. The van der Waals surface area contributed by atoms with Gasteiger partial charge in [-0.25, -0.2) is 0 Å². The maximum absolute atomic E-state index is 11.5. The molecule has 0 saturated heterocycles. The van der Waals surface area contributed by atoms with Gasteiger partial charge in [-0.2, -0.15) is 0 Å². The van der Waals surface area contributed by atoms with E-state index >= 15 is 0 Å². The van der Waals surface area contributed by atoms with E-state index in [1.54, 1.807) is 12.1 Å². The fourth-order valence-corrected chi connectivity index (χ4v) is 1.01. The largest absolute Gasteiger partial charge is 0.356 e. The van der Waals surface area contributed by atoms with Crippen LogP contribution in [0, 0.1) is 0 Å². The fourth-order valence-electron chi connectivity index (χ4n) is 1.01. The number of hydrogen-bond donors (Lipinski definition) is 1. The van der Waals surface area contributed by atoms with E-state index in [-0.39, 0.29) is 18.2 Å². The Kier molecular flexibility index (Phi) is 3.86. The topological polar surface area (TPSA) is 38.3 Å². The highest BCUT2D eigenvalue weighted by Gasteiger charge is 2.10. The number of nitrogens with one attached hydrogen (secondary N) is 1. The molecule has 3 heteroatoms. The molecule has 1 N–H and O–H groups in total. The predicted octanol–water partition coefficient (Wildman–Crippen LogP) is 2.19. The lowest BCUT2D eigenvalue weighted by molar-refractivity contribution is -0.0111. The molecule has 15 heavy (non-hydrogen) atoms. The van der Waals surface area contributed by atoms with Crippen LogP contribution in [0.5, 0.6) is 0 Å². The standard InChI is InChI=1S/C12H17NO2/c1-12(2,3)15-9-13-11(14)10-7-5-4-6-8-10/h4-8H,9H2,1-3H3,(H,13,14). The second-order valence-electron chi connectivity index (χ2n) is 4.27. The van der Waals surface area contributed by atoms with Gasteiger partial charge in [0.25, 0.3) is 5.91 Å². The number of rotatable bonds is 3. The van der Waals surface area contributed by atoms with E-state index in [9.17, 15) is 4.79 Å². The second kappa shape index (κ2) is 4.94. The van der Waals surface area contributed by atoms with E-state index in [2.05, 4.69) is 5.32 Å². The summed E-state index contributed by atoms with van der Waals surface area (Å²) in [6, 6.07) is 9.08. The highest BCUT2D eigenvalue weighted by molar-refractivity contribution is 5.93. The van der Waals surface area contributed by atoms with Crippen LogP contribution in [-0.2, 0) is 4.74 Å². The van der Waals surface area contributed by atoms with Crippen molar-refractivity contribution in [3.63, 3.8) is 0 Å². The third-order valence-electron chi connectivity index (χ3n) is 1.77. The lowest BCUT2D eigenvalue weighted by atomic mass is 10.2. The molecule has 0 aromatic heterocycles. The smallest absolute Gasteiger partial charge is 0.253 e. The van der Waals surface area contributed by atoms with Crippen molar-refractivity contribution in [1.82, 2.24) is 5.32 Å². The molecular weight excluding hydrogens is 190 g/mol. The first-order chi connectivity index (χ1) is 6.99. The molecule has 1 rings (SSSR count). The Bertz CT molecular complexity index is 314. The van der Waals surface area contributed by atoms with Crippen molar-refractivity contribution in [2.45, 2.75) is 26.4 Å². The quantitative estimate of drug-likeness (QED) is 0.771. The van der Waals surface area contributed by atoms with Gasteiger partial charge in [-0.15, -0.1) is 0 Å². The number of benzene rings is 1. The van der Waals surface area contributed by atoms with Gasteiger partial charge >= 0.3 is 0 Å². The first kappa shape index (κ1) is 11.7. The molecule has 0 bridgehead atoms. The molecule has 0 aliphatic carbocycles. The average Bonchev–Trinajstić information content (AvgIpc) is 2.17. The van der Waals surface area contributed by atoms with Crippen LogP contribution in [0.1, 0.15) is 31.1 Å². The minimum atomic E-state index is -0.232. The summed E-state index contributed by atoms with van der Waals surface area (Å²) in [5.41, 5.74) is 0.416. The number of carbonyl (C=O) groups excluding carboxylic acids is 1. The Hall–Kier alpha value is -1.35. The van der Waals surface area contributed by atoms with Gasteiger partial charge in [-0.1, -0.05) is 18.2 Å². The van der Waals surface area contributed by atoms with Crippen LogP contribution in [0.25, 0.3) is 0 Å². The summed E-state index contributed by atoms with van der Waals surface area (Å²) < 4.78 is 5.39. The Morgan fingerprint density at radius 2 is 1.87 bits per heavy atom. The van der Waals surface area contributed by atoms with Gasteiger partial charge in [-0.05, 0) is 32.9 Å². The molecule has 0 fully saturated rings. The normalized spacial score (nSPS) is 11.1. The van der Waals surface area contributed by atoms with Gasteiger partial charge in [0.05, 0.1) is 5.60 Å². The van der Waals surface area contributed by atoms with Crippen LogP contribution in [0.3, 0.4) is 0 Å². The lowest BCUT2D eigenvalue weighted by Gasteiger charge is -2.19. The molecule has 1 aromatic rings. The van der Waals surface area contributed by atoms with E-state index < -0.39 is 0 Å². The average molecular weight is 207 g/mol. The summed E-state index contributed by atoms with van der Waals surface area (Å²) in [7, 11) is 0. The molecule has 0 aliphatic rings. The van der Waals surface area contributed by atoms with E-state index in [1.165, 1.54) is 0 Å². The van der Waals surface area contributed by atoms with Crippen molar-refractivity contribution in [2.75, 3.05) is 6.73 Å². The van der Waals surface area contributed by atoms with E-state index in [0.29, 0.717) is 5.56 Å². The van der Waals surface area contributed by atoms with Gasteiger partial charge in [0.15, 0.2) is 0 Å². The summed E-state index contributed by atoms with van der Waals surface area (Å²) in [5.74, 6) is -0.111. The van der Waals surface area contributed by atoms with Crippen LogP contribution >= 0.6 is 0 Å². The van der Waals surface area contributed by atoms with Gasteiger partial charge < -0.3 is 10.1 Å². The molecule has 0 heterocycles. The van der Waals surface area contributed by atoms with Crippen LogP contribution in [0.15, 0.2) is 30.3 Å². The molecule has 0 spiro atoms. The van der Waals surface area contributed by atoms with Crippen molar-refractivity contribution < 1.29 is 9.53 Å². The van der Waals surface area contributed by atoms with E-state index in [1.807, 2.05) is 39.0 Å². The Balaban J connectivity index is 2.38. The molecular formula is C12H17NO2. The predicted molar refractivity (Wildman–Crippen MR) is 59.6 cm³/mol. The van der Waals surface area contributed by atoms with Crippen molar-refractivity contribution in [1.29, 1.82) is 0 Å². The molecule has 1 amide bonds. The molecule has 0 radical (unpaired) electrons. The first-order valence-corrected chi connectivity index (χ1v) is 4.96. The Labute approximate surface area is 90.4 Å². The monoisotopic (exact) mass is 207 g/mol. The van der Waals surface area contributed by atoms with Gasteiger partial charge in [0.2, 0.25) is 0 Å². The summed E-state index contributed by atoms with van der Waals surface area (Å²) >= 11 is 0. The Morgan fingerprint density at radius 3 is 2.40 bits per heavy atom. The lowest BCUT2D eigenvalue weighted by Crippen LogP contribution is -2.31. The third-order valence-corrected chi connectivity index (χ3v) is 1.77. The minimum Gasteiger partial charge on any atom is -0.356 e. The fraction of sp³-hybridized carbons (Fsp3) is 0.417. The molecule has 0 aliphatic heterocycles. The molecule has 1 aromatic carbocycles. The molecule has 3 nitrogen and oxygen atoms in total. The van der Waals surface area contributed by atoms with Gasteiger partial charge in [0.1, 0.15) is 6.73 Å². The molecule has 0 atom stereocenters. The van der Waals surface area contributed by atoms with Crippen LogP contribution in [0.4, 0.5) is 0 Å². The summed E-state index contributed by atoms with van der Waals surface area (Å²) in [4.78, 5) is 11.5.